The number of aromatic nitrogens is 1. The molecule has 19 heavy (non-hydrogen) atoms. The molecule has 98 valence electrons. The Morgan fingerprint density at radius 3 is 2.58 bits per heavy atom. The Hall–Kier alpha value is -1.57. The van der Waals surface area contributed by atoms with Crippen molar-refractivity contribution in [1.82, 2.24) is 4.57 Å². The van der Waals surface area contributed by atoms with Crippen LogP contribution in [-0.2, 0) is 11.3 Å². The van der Waals surface area contributed by atoms with E-state index in [-0.39, 0.29) is 0 Å². The van der Waals surface area contributed by atoms with Crippen LogP contribution in [0.1, 0.15) is 11.3 Å². The summed E-state index contributed by atoms with van der Waals surface area (Å²) in [5, 5.41) is 9.28. The van der Waals surface area contributed by atoms with Crippen LogP contribution in [0.15, 0.2) is 34.8 Å². The highest BCUT2D eigenvalue weighted by atomic mass is 79.9. The molecule has 0 atom stereocenters. The Morgan fingerprint density at radius 1 is 1.32 bits per heavy atom. The number of nitriles is 1. The van der Waals surface area contributed by atoms with Crippen LogP contribution >= 0.6 is 15.9 Å². The molecule has 2 rings (SSSR count). The fraction of sp³-hybridized carbons (Fsp3) is 0.267. The average molecular weight is 319 g/mol. The molecule has 0 spiro atoms. The Morgan fingerprint density at radius 2 is 2.00 bits per heavy atom. The van der Waals surface area contributed by atoms with Crippen molar-refractivity contribution < 1.29 is 4.74 Å². The molecule has 1 heterocycles. The van der Waals surface area contributed by atoms with E-state index < -0.39 is 0 Å². The van der Waals surface area contributed by atoms with Crippen molar-refractivity contribution in [3.8, 4) is 17.3 Å². The molecule has 2 aromatic rings. The number of halogens is 1. The number of nitrogens with zero attached hydrogens (tertiary/aromatic N) is 2. The molecular formula is C15H15BrN2O. The lowest BCUT2D eigenvalue weighted by Gasteiger charge is -2.11. The first-order chi connectivity index (χ1) is 9.20. The van der Waals surface area contributed by atoms with E-state index in [1.807, 2.05) is 37.3 Å². The first-order valence-corrected chi connectivity index (χ1v) is 6.83. The van der Waals surface area contributed by atoms with Crippen molar-refractivity contribution in [1.29, 1.82) is 5.26 Å². The Bertz CT molecular complexity index is 611. The normalized spacial score (nSPS) is 10.4. The Balaban J connectivity index is 2.61. The van der Waals surface area contributed by atoms with Gasteiger partial charge in [-0.2, -0.15) is 5.26 Å². The molecule has 0 aliphatic rings. The molecule has 0 radical (unpaired) electrons. The molecule has 0 N–H and O–H groups in total. The van der Waals surface area contributed by atoms with Gasteiger partial charge in [0.2, 0.25) is 0 Å². The van der Waals surface area contributed by atoms with Gasteiger partial charge in [-0.15, -0.1) is 0 Å². The van der Waals surface area contributed by atoms with Gasteiger partial charge in [-0.3, -0.25) is 0 Å². The van der Waals surface area contributed by atoms with E-state index in [9.17, 15) is 5.26 Å². The third kappa shape index (κ3) is 2.58. The predicted octanol–water partition coefficient (Wildman–Crippen LogP) is 3.74. The summed E-state index contributed by atoms with van der Waals surface area (Å²) in [5.41, 5.74) is 3.78. The molecule has 0 saturated carbocycles. The van der Waals surface area contributed by atoms with E-state index in [2.05, 4.69) is 26.6 Å². The standard InChI is InChI=1S/C15H15BrN2O/c1-11-13(10-17)14(16)15(18(11)8-9-19-2)12-6-4-3-5-7-12/h3-7H,8-9H2,1-2H3. The zero-order valence-corrected chi connectivity index (χ0v) is 12.6. The summed E-state index contributed by atoms with van der Waals surface area (Å²) in [4.78, 5) is 0. The van der Waals surface area contributed by atoms with Crippen LogP contribution < -0.4 is 0 Å². The maximum absolute atomic E-state index is 9.28. The first kappa shape index (κ1) is 13.9. The summed E-state index contributed by atoms with van der Waals surface area (Å²) in [6, 6.07) is 12.3. The Kier molecular flexibility index (Phi) is 4.41. The molecule has 0 fully saturated rings. The summed E-state index contributed by atoms with van der Waals surface area (Å²) in [6.07, 6.45) is 0. The highest BCUT2D eigenvalue weighted by Crippen LogP contribution is 2.35. The SMILES string of the molecule is COCCn1c(C)c(C#N)c(Br)c1-c1ccccc1. The topological polar surface area (TPSA) is 38.0 Å². The van der Waals surface area contributed by atoms with Crippen LogP contribution in [0.5, 0.6) is 0 Å². The molecular weight excluding hydrogens is 304 g/mol. The zero-order chi connectivity index (χ0) is 13.8. The summed E-state index contributed by atoms with van der Waals surface area (Å²) in [7, 11) is 1.68. The summed E-state index contributed by atoms with van der Waals surface area (Å²) < 4.78 is 8.14. The number of hydrogen-bond donors (Lipinski definition) is 0. The maximum atomic E-state index is 9.28. The van der Waals surface area contributed by atoms with Crippen LogP contribution in [0.4, 0.5) is 0 Å². The van der Waals surface area contributed by atoms with Crippen molar-refractivity contribution in [3.63, 3.8) is 0 Å². The van der Waals surface area contributed by atoms with Crippen molar-refractivity contribution in [2.75, 3.05) is 13.7 Å². The molecule has 1 aromatic carbocycles. The molecule has 0 aliphatic heterocycles. The monoisotopic (exact) mass is 318 g/mol. The summed E-state index contributed by atoms with van der Waals surface area (Å²) >= 11 is 3.56. The lowest BCUT2D eigenvalue weighted by molar-refractivity contribution is 0.187. The van der Waals surface area contributed by atoms with Gasteiger partial charge in [-0.1, -0.05) is 30.3 Å². The van der Waals surface area contributed by atoms with Crippen molar-refractivity contribution in [2.45, 2.75) is 13.5 Å². The van der Waals surface area contributed by atoms with Gasteiger partial charge < -0.3 is 9.30 Å². The number of ether oxygens (including phenoxy) is 1. The molecule has 0 unspecified atom stereocenters. The number of methoxy groups -OCH3 is 1. The van der Waals surface area contributed by atoms with Crippen molar-refractivity contribution in [3.05, 3.63) is 46.1 Å². The third-order valence-corrected chi connectivity index (χ3v) is 3.91. The average Bonchev–Trinajstić information content (AvgIpc) is 2.68. The van der Waals surface area contributed by atoms with Gasteiger partial charge in [-0.25, -0.2) is 0 Å². The summed E-state index contributed by atoms with van der Waals surface area (Å²) in [5.74, 6) is 0. The molecule has 0 bridgehead atoms. The molecule has 0 aliphatic carbocycles. The molecule has 4 heteroatoms. The van der Waals surface area contributed by atoms with Crippen LogP contribution in [0, 0.1) is 18.3 Å². The predicted molar refractivity (Wildman–Crippen MR) is 78.9 cm³/mol. The number of rotatable bonds is 4. The van der Waals surface area contributed by atoms with Gasteiger partial charge in [0.1, 0.15) is 6.07 Å². The van der Waals surface area contributed by atoms with Crippen molar-refractivity contribution >= 4 is 15.9 Å². The second-order valence-electron chi connectivity index (χ2n) is 4.25. The fourth-order valence-corrected chi connectivity index (χ4v) is 2.99. The van der Waals surface area contributed by atoms with Gasteiger partial charge in [0.15, 0.2) is 0 Å². The van der Waals surface area contributed by atoms with Gasteiger partial charge >= 0.3 is 0 Å². The van der Waals surface area contributed by atoms with E-state index in [1.54, 1.807) is 7.11 Å². The lowest BCUT2D eigenvalue weighted by Crippen LogP contribution is -2.07. The highest BCUT2D eigenvalue weighted by Gasteiger charge is 2.19. The largest absolute Gasteiger partial charge is 0.383 e. The fourth-order valence-electron chi connectivity index (χ4n) is 2.17. The van der Waals surface area contributed by atoms with Gasteiger partial charge in [0, 0.05) is 19.3 Å². The molecule has 3 nitrogen and oxygen atoms in total. The molecule has 1 aromatic heterocycles. The van der Waals surface area contributed by atoms with E-state index in [1.165, 1.54) is 0 Å². The second-order valence-corrected chi connectivity index (χ2v) is 5.04. The van der Waals surface area contributed by atoms with E-state index in [4.69, 9.17) is 4.74 Å². The van der Waals surface area contributed by atoms with Crippen molar-refractivity contribution in [2.24, 2.45) is 0 Å². The molecule has 0 amide bonds. The number of benzene rings is 1. The van der Waals surface area contributed by atoms with Crippen LogP contribution in [0.2, 0.25) is 0 Å². The minimum atomic E-state index is 0.618. The van der Waals surface area contributed by atoms with Crippen LogP contribution in [-0.4, -0.2) is 18.3 Å². The van der Waals surface area contributed by atoms with E-state index in [0.29, 0.717) is 12.2 Å². The molecule has 0 saturated heterocycles. The minimum Gasteiger partial charge on any atom is -0.383 e. The van der Waals surface area contributed by atoms with Gasteiger partial charge in [-0.05, 0) is 28.4 Å². The Labute approximate surface area is 121 Å². The maximum Gasteiger partial charge on any atom is 0.102 e. The lowest BCUT2D eigenvalue weighted by atomic mass is 10.1. The van der Waals surface area contributed by atoms with Gasteiger partial charge in [0.05, 0.1) is 22.3 Å². The van der Waals surface area contributed by atoms with Gasteiger partial charge in [0.25, 0.3) is 0 Å². The zero-order valence-electron chi connectivity index (χ0n) is 11.0. The summed E-state index contributed by atoms with van der Waals surface area (Å²) in [6.45, 7) is 3.31. The number of hydrogen-bond acceptors (Lipinski definition) is 2. The first-order valence-electron chi connectivity index (χ1n) is 6.03. The minimum absolute atomic E-state index is 0.618. The smallest absolute Gasteiger partial charge is 0.102 e. The van der Waals surface area contributed by atoms with E-state index in [0.717, 1.165) is 28.0 Å². The van der Waals surface area contributed by atoms with Crippen LogP contribution in [0.3, 0.4) is 0 Å². The van der Waals surface area contributed by atoms with E-state index >= 15 is 0 Å². The second kappa shape index (κ2) is 6.05. The van der Waals surface area contributed by atoms with Crippen LogP contribution in [0.25, 0.3) is 11.3 Å². The quantitative estimate of drug-likeness (QED) is 0.861. The highest BCUT2D eigenvalue weighted by molar-refractivity contribution is 9.10. The third-order valence-electron chi connectivity index (χ3n) is 3.14.